The summed E-state index contributed by atoms with van der Waals surface area (Å²) in [5.41, 5.74) is 4.55. The summed E-state index contributed by atoms with van der Waals surface area (Å²) in [4.78, 5) is 23.3. The molecule has 0 aliphatic heterocycles. The molecule has 0 bridgehead atoms. The van der Waals surface area contributed by atoms with Gasteiger partial charge in [0.05, 0.1) is 12.9 Å². The lowest BCUT2D eigenvalue weighted by Gasteiger charge is -2.09. The molecule has 3 rings (SSSR count). The number of rotatable bonds is 9. The van der Waals surface area contributed by atoms with Crippen molar-refractivity contribution in [3.8, 4) is 16.9 Å². The Labute approximate surface area is 180 Å². The van der Waals surface area contributed by atoms with Crippen LogP contribution in [0.4, 0.5) is 0 Å². The van der Waals surface area contributed by atoms with Crippen molar-refractivity contribution in [1.82, 2.24) is 0 Å². The molecule has 0 amide bonds. The highest BCUT2D eigenvalue weighted by Crippen LogP contribution is 2.25. The van der Waals surface area contributed by atoms with Crippen LogP contribution in [0.3, 0.4) is 0 Å². The van der Waals surface area contributed by atoms with Crippen LogP contribution in [0.5, 0.6) is 5.75 Å². The molecule has 1 N–H and O–H groups in total. The molecule has 152 valence electrons. The first-order valence-electron chi connectivity index (χ1n) is 9.41. The minimum absolute atomic E-state index is 0.000206. The van der Waals surface area contributed by atoms with Gasteiger partial charge in [-0.3, -0.25) is 9.59 Å². The highest BCUT2D eigenvalue weighted by Gasteiger charge is 2.09. The maximum absolute atomic E-state index is 12.6. The third kappa shape index (κ3) is 5.84. The molecular formula is C25H22O4S. The lowest BCUT2D eigenvalue weighted by Crippen LogP contribution is -2.01. The second-order valence-corrected chi connectivity index (χ2v) is 7.58. The molecule has 5 heteroatoms. The van der Waals surface area contributed by atoms with Crippen molar-refractivity contribution < 1.29 is 19.4 Å². The summed E-state index contributed by atoms with van der Waals surface area (Å²) in [5.74, 6) is 0.119. The van der Waals surface area contributed by atoms with E-state index in [1.807, 2.05) is 42.5 Å². The fourth-order valence-electron chi connectivity index (χ4n) is 2.98. The lowest BCUT2D eigenvalue weighted by atomic mass is 10.0. The molecule has 4 nitrogen and oxygen atoms in total. The molecule has 3 aromatic rings. The second-order valence-electron chi connectivity index (χ2n) is 6.60. The molecule has 0 fully saturated rings. The number of carbonyl (C=O) groups is 2. The van der Waals surface area contributed by atoms with Crippen molar-refractivity contribution in [3.63, 3.8) is 0 Å². The quantitative estimate of drug-likeness (QED) is 0.363. The monoisotopic (exact) mass is 418 g/mol. The lowest BCUT2D eigenvalue weighted by molar-refractivity contribution is -0.133. The molecule has 3 aromatic carbocycles. The van der Waals surface area contributed by atoms with Crippen LogP contribution >= 0.6 is 11.8 Å². The van der Waals surface area contributed by atoms with E-state index in [-0.39, 0.29) is 11.5 Å². The van der Waals surface area contributed by atoms with Gasteiger partial charge in [0.1, 0.15) is 5.75 Å². The van der Waals surface area contributed by atoms with Crippen LogP contribution in [-0.2, 0) is 10.5 Å². The molecule has 30 heavy (non-hydrogen) atoms. The van der Waals surface area contributed by atoms with E-state index >= 15 is 0 Å². The average Bonchev–Trinajstić information content (AvgIpc) is 2.78. The van der Waals surface area contributed by atoms with Gasteiger partial charge in [0.25, 0.3) is 0 Å². The van der Waals surface area contributed by atoms with Crippen LogP contribution in [0.1, 0.15) is 21.5 Å². The summed E-state index contributed by atoms with van der Waals surface area (Å²) in [5, 5.41) is 8.81. The molecule has 0 radical (unpaired) electrons. The minimum atomic E-state index is -0.868. The van der Waals surface area contributed by atoms with Crippen LogP contribution in [0, 0.1) is 0 Å². The Balaban J connectivity index is 1.70. The summed E-state index contributed by atoms with van der Waals surface area (Å²) in [7, 11) is 1.56. The van der Waals surface area contributed by atoms with Crippen molar-refractivity contribution in [3.05, 3.63) is 95.6 Å². The van der Waals surface area contributed by atoms with Crippen molar-refractivity contribution in [1.29, 1.82) is 0 Å². The minimum Gasteiger partial charge on any atom is -0.496 e. The van der Waals surface area contributed by atoms with Gasteiger partial charge in [-0.2, -0.15) is 0 Å². The van der Waals surface area contributed by atoms with Crippen molar-refractivity contribution in [2.75, 3.05) is 12.9 Å². The normalized spacial score (nSPS) is 10.8. The number of benzene rings is 3. The van der Waals surface area contributed by atoms with Gasteiger partial charge in [0.15, 0.2) is 5.78 Å². The Bertz CT molecular complexity index is 1040. The fourth-order valence-corrected chi connectivity index (χ4v) is 3.70. The predicted molar refractivity (Wildman–Crippen MR) is 122 cm³/mol. The highest BCUT2D eigenvalue weighted by molar-refractivity contribution is 7.99. The van der Waals surface area contributed by atoms with Crippen molar-refractivity contribution >= 4 is 29.6 Å². The zero-order valence-corrected chi connectivity index (χ0v) is 17.4. The topological polar surface area (TPSA) is 63.6 Å². The van der Waals surface area contributed by atoms with Gasteiger partial charge in [0, 0.05) is 16.9 Å². The molecule has 0 saturated heterocycles. The van der Waals surface area contributed by atoms with Crippen LogP contribution in [-0.4, -0.2) is 29.7 Å². The molecule has 0 aliphatic rings. The SMILES string of the molecule is COc1ccc(C(=O)/C=C/c2ccc(-c3ccccc3)cc2)cc1CSCC(=O)O. The van der Waals surface area contributed by atoms with E-state index in [0.29, 0.717) is 17.1 Å². The molecule has 0 spiro atoms. The van der Waals surface area contributed by atoms with E-state index in [0.717, 1.165) is 22.3 Å². The Morgan fingerprint density at radius 1 is 0.967 bits per heavy atom. The summed E-state index contributed by atoms with van der Waals surface area (Å²) in [6, 6.07) is 23.4. The van der Waals surface area contributed by atoms with E-state index in [1.54, 1.807) is 37.5 Å². The number of thioether (sulfide) groups is 1. The first-order valence-corrected chi connectivity index (χ1v) is 10.6. The van der Waals surface area contributed by atoms with Gasteiger partial charge in [-0.05, 0) is 41.0 Å². The first kappa shape index (κ1) is 21.4. The second kappa shape index (κ2) is 10.5. The maximum Gasteiger partial charge on any atom is 0.313 e. The zero-order valence-electron chi connectivity index (χ0n) is 16.6. The molecule has 0 aromatic heterocycles. The number of carbonyl (C=O) groups excluding carboxylic acids is 1. The third-order valence-corrected chi connectivity index (χ3v) is 5.46. The van der Waals surface area contributed by atoms with Gasteiger partial charge in [-0.1, -0.05) is 60.7 Å². The van der Waals surface area contributed by atoms with Gasteiger partial charge in [-0.25, -0.2) is 0 Å². The largest absolute Gasteiger partial charge is 0.496 e. The molecule has 0 heterocycles. The standard InChI is InChI=1S/C25H22O4S/c1-29-24-14-12-21(15-22(24)16-30-17-25(27)28)23(26)13-9-18-7-10-20(11-8-18)19-5-3-2-4-6-19/h2-15H,16-17H2,1H3,(H,27,28)/b13-9+. The third-order valence-electron chi connectivity index (χ3n) is 4.49. The van der Waals surface area contributed by atoms with Crippen LogP contribution < -0.4 is 4.74 Å². The maximum atomic E-state index is 12.6. The van der Waals surface area contributed by atoms with E-state index in [2.05, 4.69) is 12.1 Å². The predicted octanol–water partition coefficient (Wildman–Crippen LogP) is 5.58. The first-order chi connectivity index (χ1) is 14.6. The molecule has 0 saturated carbocycles. The molecule has 0 atom stereocenters. The van der Waals surface area contributed by atoms with Crippen molar-refractivity contribution in [2.45, 2.75) is 5.75 Å². The van der Waals surface area contributed by atoms with Gasteiger partial charge < -0.3 is 9.84 Å². The Morgan fingerprint density at radius 3 is 2.33 bits per heavy atom. The number of ketones is 1. The number of methoxy groups -OCH3 is 1. The van der Waals surface area contributed by atoms with E-state index < -0.39 is 5.97 Å². The van der Waals surface area contributed by atoms with Crippen LogP contribution in [0.15, 0.2) is 78.9 Å². The number of aliphatic carboxylic acids is 1. The number of hydrogen-bond donors (Lipinski definition) is 1. The van der Waals surface area contributed by atoms with Gasteiger partial charge >= 0.3 is 5.97 Å². The summed E-state index contributed by atoms with van der Waals surface area (Å²) in [6.45, 7) is 0. The van der Waals surface area contributed by atoms with E-state index in [4.69, 9.17) is 9.84 Å². The number of carboxylic acid groups (broad SMARTS) is 1. The summed E-state index contributed by atoms with van der Waals surface area (Å²) in [6.07, 6.45) is 3.34. The van der Waals surface area contributed by atoms with Crippen molar-refractivity contribution in [2.24, 2.45) is 0 Å². The number of carboxylic acids is 1. The zero-order chi connectivity index (χ0) is 21.3. The average molecular weight is 419 g/mol. The van der Waals surface area contributed by atoms with Gasteiger partial charge in [-0.15, -0.1) is 11.8 Å². The Morgan fingerprint density at radius 2 is 1.67 bits per heavy atom. The summed E-state index contributed by atoms with van der Waals surface area (Å²) < 4.78 is 5.32. The summed E-state index contributed by atoms with van der Waals surface area (Å²) >= 11 is 1.27. The molecule has 0 aliphatic carbocycles. The van der Waals surface area contributed by atoms with Crippen LogP contribution in [0.2, 0.25) is 0 Å². The molecule has 0 unspecified atom stereocenters. The highest BCUT2D eigenvalue weighted by atomic mass is 32.2. The van der Waals surface area contributed by atoms with Gasteiger partial charge in [0.2, 0.25) is 0 Å². The Kier molecular flexibility index (Phi) is 7.46. The fraction of sp³-hybridized carbons (Fsp3) is 0.120. The molecular weight excluding hydrogens is 396 g/mol. The Hall–Kier alpha value is -3.31. The van der Waals surface area contributed by atoms with E-state index in [1.165, 1.54) is 11.8 Å². The van der Waals surface area contributed by atoms with E-state index in [9.17, 15) is 9.59 Å². The smallest absolute Gasteiger partial charge is 0.313 e. The number of ether oxygens (including phenoxy) is 1. The number of hydrogen-bond acceptors (Lipinski definition) is 4. The van der Waals surface area contributed by atoms with Crippen LogP contribution in [0.25, 0.3) is 17.2 Å². The number of allylic oxidation sites excluding steroid dienone is 1.